The van der Waals surface area contributed by atoms with Crippen molar-refractivity contribution in [3.05, 3.63) is 65.7 Å². The van der Waals surface area contributed by atoms with E-state index < -0.39 is 0 Å². The highest BCUT2D eigenvalue weighted by Gasteiger charge is 2.10. The van der Waals surface area contributed by atoms with E-state index in [0.29, 0.717) is 0 Å². The molecule has 0 radical (unpaired) electrons. The van der Waals surface area contributed by atoms with Crippen LogP contribution < -0.4 is 11.1 Å². The molecule has 0 aromatic heterocycles. The van der Waals surface area contributed by atoms with Crippen LogP contribution in [-0.4, -0.2) is 17.1 Å². The summed E-state index contributed by atoms with van der Waals surface area (Å²) >= 11 is 0. The summed E-state index contributed by atoms with van der Waals surface area (Å²) in [5.41, 5.74) is 9.03. The van der Waals surface area contributed by atoms with Crippen LogP contribution in [0.5, 0.6) is 0 Å². The van der Waals surface area contributed by atoms with E-state index in [1.54, 1.807) is 0 Å². The Balaban J connectivity index is 2.18. The average Bonchev–Trinajstić information content (AvgIpc) is 2.49. The van der Waals surface area contributed by atoms with Crippen LogP contribution in [0.4, 0.5) is 5.69 Å². The molecule has 4 nitrogen and oxygen atoms in total. The maximum atomic E-state index is 8.71. The number of para-hydroxylation sites is 1. The molecule has 0 spiro atoms. The number of rotatable bonds is 5. The molecule has 0 fully saturated rings. The van der Waals surface area contributed by atoms with Gasteiger partial charge in [0.25, 0.3) is 0 Å². The third kappa shape index (κ3) is 3.51. The molecule has 20 heavy (non-hydrogen) atoms. The summed E-state index contributed by atoms with van der Waals surface area (Å²) in [6, 6.07) is 18.1. The van der Waals surface area contributed by atoms with Crippen LogP contribution in [0, 0.1) is 0 Å². The Bertz CT molecular complexity index is 581. The quantitative estimate of drug-likeness (QED) is 0.338. The second kappa shape index (κ2) is 6.61. The predicted molar refractivity (Wildman–Crippen MR) is 82.2 cm³/mol. The molecule has 1 unspecified atom stereocenters. The van der Waals surface area contributed by atoms with Crippen molar-refractivity contribution in [2.24, 2.45) is 10.9 Å². The normalized spacial score (nSPS) is 12.9. The first-order valence-corrected chi connectivity index (χ1v) is 6.56. The monoisotopic (exact) mass is 269 g/mol. The Morgan fingerprint density at radius 3 is 2.50 bits per heavy atom. The van der Waals surface area contributed by atoms with E-state index in [4.69, 9.17) is 10.9 Å². The third-order valence-electron chi connectivity index (χ3n) is 3.19. The first-order chi connectivity index (χ1) is 9.70. The molecule has 4 heteroatoms. The maximum Gasteiger partial charge on any atom is 0.161 e. The van der Waals surface area contributed by atoms with Gasteiger partial charge in [-0.15, -0.1) is 0 Å². The van der Waals surface area contributed by atoms with Crippen LogP contribution in [0.2, 0.25) is 0 Å². The molecule has 104 valence electrons. The number of nitrogens with zero attached hydrogens (tertiary/aromatic N) is 1. The van der Waals surface area contributed by atoms with Gasteiger partial charge in [-0.2, -0.15) is 0 Å². The van der Waals surface area contributed by atoms with Crippen LogP contribution in [0.15, 0.2) is 59.8 Å². The summed E-state index contributed by atoms with van der Waals surface area (Å²) < 4.78 is 0. The number of oxime groups is 1. The highest BCUT2D eigenvalue weighted by atomic mass is 16.4. The molecule has 0 aliphatic carbocycles. The van der Waals surface area contributed by atoms with Gasteiger partial charge in [0.2, 0.25) is 0 Å². The minimum absolute atomic E-state index is 0.166. The van der Waals surface area contributed by atoms with E-state index in [1.807, 2.05) is 43.3 Å². The molecule has 2 aromatic rings. The third-order valence-corrected chi connectivity index (χ3v) is 3.19. The Hall–Kier alpha value is -2.49. The van der Waals surface area contributed by atoms with E-state index in [9.17, 15) is 0 Å². The van der Waals surface area contributed by atoms with Crippen molar-refractivity contribution in [2.75, 3.05) is 5.32 Å². The first-order valence-electron chi connectivity index (χ1n) is 6.56. The molecular formula is C16H19N3O. The van der Waals surface area contributed by atoms with Crippen molar-refractivity contribution in [1.29, 1.82) is 0 Å². The van der Waals surface area contributed by atoms with E-state index in [2.05, 4.69) is 28.7 Å². The molecule has 0 saturated carbocycles. The minimum atomic E-state index is -0.225. The Kier molecular flexibility index (Phi) is 4.60. The fourth-order valence-corrected chi connectivity index (χ4v) is 2.02. The molecular weight excluding hydrogens is 250 g/mol. The molecule has 1 atom stereocenters. The topological polar surface area (TPSA) is 70.6 Å². The van der Waals surface area contributed by atoms with Crippen molar-refractivity contribution < 1.29 is 5.21 Å². The number of hydrogen-bond donors (Lipinski definition) is 3. The second-order valence-electron chi connectivity index (χ2n) is 4.71. The summed E-state index contributed by atoms with van der Waals surface area (Å²) in [6.07, 6.45) is 0.840. The van der Waals surface area contributed by atoms with Gasteiger partial charge in [-0.3, -0.25) is 0 Å². The number of nitrogens with one attached hydrogen (secondary N) is 1. The second-order valence-corrected chi connectivity index (χ2v) is 4.71. The van der Waals surface area contributed by atoms with Gasteiger partial charge < -0.3 is 16.3 Å². The fourth-order valence-electron chi connectivity index (χ4n) is 2.02. The summed E-state index contributed by atoms with van der Waals surface area (Å²) in [4.78, 5) is 0. The summed E-state index contributed by atoms with van der Waals surface area (Å²) in [5, 5.41) is 15.0. The molecule has 0 bridgehead atoms. The SMILES string of the molecule is CC(Nc1ccccc1Cc1ccccc1)C(N)=NO. The van der Waals surface area contributed by atoms with Gasteiger partial charge in [0.15, 0.2) is 5.84 Å². The molecule has 2 rings (SSSR count). The molecule has 0 saturated heterocycles. The van der Waals surface area contributed by atoms with Crippen LogP contribution in [-0.2, 0) is 6.42 Å². The lowest BCUT2D eigenvalue weighted by Crippen LogP contribution is -2.33. The highest BCUT2D eigenvalue weighted by Crippen LogP contribution is 2.19. The lowest BCUT2D eigenvalue weighted by Gasteiger charge is -2.17. The zero-order valence-corrected chi connectivity index (χ0v) is 11.5. The van der Waals surface area contributed by atoms with E-state index in [1.165, 1.54) is 11.1 Å². The van der Waals surface area contributed by atoms with Gasteiger partial charge >= 0.3 is 0 Å². The maximum absolute atomic E-state index is 8.71. The molecule has 0 aliphatic rings. The lowest BCUT2D eigenvalue weighted by atomic mass is 10.0. The number of anilines is 1. The van der Waals surface area contributed by atoms with Gasteiger partial charge in [0, 0.05) is 5.69 Å². The van der Waals surface area contributed by atoms with Crippen LogP contribution in [0.1, 0.15) is 18.1 Å². The van der Waals surface area contributed by atoms with E-state index in [-0.39, 0.29) is 11.9 Å². The molecule has 0 aliphatic heterocycles. The number of nitrogens with two attached hydrogens (primary N) is 1. The summed E-state index contributed by atoms with van der Waals surface area (Å²) in [5.74, 6) is 0.166. The Morgan fingerprint density at radius 2 is 1.80 bits per heavy atom. The summed E-state index contributed by atoms with van der Waals surface area (Å²) in [7, 11) is 0. The number of benzene rings is 2. The number of amidine groups is 1. The molecule has 2 aromatic carbocycles. The Labute approximate surface area is 118 Å². The van der Waals surface area contributed by atoms with Crippen molar-refractivity contribution >= 4 is 11.5 Å². The molecule has 0 amide bonds. The lowest BCUT2D eigenvalue weighted by molar-refractivity contribution is 0.316. The fraction of sp³-hybridized carbons (Fsp3) is 0.188. The van der Waals surface area contributed by atoms with Crippen molar-refractivity contribution in [2.45, 2.75) is 19.4 Å². The molecule has 0 heterocycles. The zero-order chi connectivity index (χ0) is 14.4. The van der Waals surface area contributed by atoms with Crippen LogP contribution in [0.3, 0.4) is 0 Å². The van der Waals surface area contributed by atoms with Crippen molar-refractivity contribution in [1.82, 2.24) is 0 Å². The van der Waals surface area contributed by atoms with E-state index >= 15 is 0 Å². The molecule has 4 N–H and O–H groups in total. The Morgan fingerprint density at radius 1 is 1.15 bits per heavy atom. The zero-order valence-electron chi connectivity index (χ0n) is 11.5. The van der Waals surface area contributed by atoms with Crippen molar-refractivity contribution in [3.63, 3.8) is 0 Å². The standard InChI is InChI=1S/C16H19N3O/c1-12(16(17)19-20)18-15-10-6-5-9-14(15)11-13-7-3-2-4-8-13/h2-10,12,18,20H,11H2,1H3,(H2,17,19). The predicted octanol–water partition coefficient (Wildman–Crippen LogP) is 2.82. The smallest absolute Gasteiger partial charge is 0.161 e. The van der Waals surface area contributed by atoms with Gasteiger partial charge in [-0.25, -0.2) is 0 Å². The largest absolute Gasteiger partial charge is 0.409 e. The number of hydrogen-bond acceptors (Lipinski definition) is 3. The highest BCUT2D eigenvalue weighted by molar-refractivity contribution is 5.87. The minimum Gasteiger partial charge on any atom is -0.409 e. The van der Waals surface area contributed by atoms with E-state index in [0.717, 1.165) is 12.1 Å². The first kappa shape index (κ1) is 13.9. The van der Waals surface area contributed by atoms with Gasteiger partial charge in [-0.05, 0) is 30.5 Å². The van der Waals surface area contributed by atoms with Gasteiger partial charge in [0.1, 0.15) is 0 Å². The van der Waals surface area contributed by atoms with Crippen molar-refractivity contribution in [3.8, 4) is 0 Å². The van der Waals surface area contributed by atoms with Crippen LogP contribution in [0.25, 0.3) is 0 Å². The van der Waals surface area contributed by atoms with Gasteiger partial charge in [0.05, 0.1) is 6.04 Å². The van der Waals surface area contributed by atoms with Gasteiger partial charge in [-0.1, -0.05) is 53.7 Å². The summed E-state index contributed by atoms with van der Waals surface area (Å²) in [6.45, 7) is 1.86. The average molecular weight is 269 g/mol. The van der Waals surface area contributed by atoms with Crippen LogP contribution >= 0.6 is 0 Å².